The number of aliphatic hydroxyl groups excluding tert-OH is 1. The average molecular weight is 350 g/mol. The molecular weight excluding hydrogens is 331 g/mol. The number of hydrogen-bond donors (Lipinski definition) is 1. The number of hydrogen-bond acceptors (Lipinski definition) is 6. The van der Waals surface area contributed by atoms with Gasteiger partial charge in [0.05, 0.1) is 30.6 Å². The number of ether oxygens (including phenoxy) is 2. The first-order chi connectivity index (χ1) is 12.0. The lowest BCUT2D eigenvalue weighted by molar-refractivity contribution is -0.141. The van der Waals surface area contributed by atoms with Gasteiger partial charge in [0, 0.05) is 25.6 Å². The average Bonchev–Trinajstić information content (AvgIpc) is 3.06. The number of amides is 1. The number of halogens is 1. The lowest BCUT2D eigenvalue weighted by Gasteiger charge is -2.38. The molecule has 2 fully saturated rings. The molecule has 0 unspecified atom stereocenters. The van der Waals surface area contributed by atoms with Gasteiger partial charge in [-0.25, -0.2) is 9.18 Å². The number of nitrogens with zero attached hydrogens (tertiary/aromatic N) is 2. The zero-order chi connectivity index (χ0) is 17.7. The summed E-state index contributed by atoms with van der Waals surface area (Å²) in [5, 5.41) is 9.42. The highest BCUT2D eigenvalue weighted by Gasteiger charge is 2.48. The van der Waals surface area contributed by atoms with Crippen LogP contribution in [0, 0.1) is 5.82 Å². The molecule has 0 aromatic heterocycles. The maximum absolute atomic E-state index is 14.5. The van der Waals surface area contributed by atoms with E-state index in [1.165, 1.54) is 18.1 Å². The molecule has 1 N–H and O–H groups in total. The zero-order valence-electron chi connectivity index (χ0n) is 13.8. The predicted octanol–water partition coefficient (Wildman–Crippen LogP) is 1.21. The van der Waals surface area contributed by atoms with Crippen molar-refractivity contribution in [2.75, 3.05) is 30.0 Å². The maximum atomic E-state index is 14.5. The summed E-state index contributed by atoms with van der Waals surface area (Å²) in [7, 11) is 1.32. The Morgan fingerprint density at radius 1 is 1.40 bits per heavy atom. The van der Waals surface area contributed by atoms with Gasteiger partial charge in [0.15, 0.2) is 0 Å². The largest absolute Gasteiger partial charge is 0.469 e. The van der Waals surface area contributed by atoms with E-state index in [-0.39, 0.29) is 18.4 Å². The highest BCUT2D eigenvalue weighted by Crippen LogP contribution is 2.42. The fourth-order valence-corrected chi connectivity index (χ4v) is 3.78. The van der Waals surface area contributed by atoms with Crippen LogP contribution in [-0.2, 0) is 20.7 Å². The number of benzene rings is 1. The first-order valence-corrected chi connectivity index (χ1v) is 8.30. The van der Waals surface area contributed by atoms with Crippen molar-refractivity contribution in [3.05, 3.63) is 23.5 Å². The Bertz CT molecular complexity index is 734. The number of anilines is 2. The van der Waals surface area contributed by atoms with Gasteiger partial charge in [0.25, 0.3) is 0 Å². The van der Waals surface area contributed by atoms with Crippen LogP contribution in [0.1, 0.15) is 18.4 Å². The van der Waals surface area contributed by atoms with Crippen LogP contribution in [0.4, 0.5) is 20.6 Å². The number of β-amino-alcohol motifs (C(OH)–C–C–N with tert-alkyl or cyclic N) is 1. The number of carbonyl (C=O) groups is 2. The van der Waals surface area contributed by atoms with Gasteiger partial charge in [-0.3, -0.25) is 9.69 Å². The number of rotatable bonds is 4. The van der Waals surface area contributed by atoms with Gasteiger partial charge in [-0.1, -0.05) is 0 Å². The van der Waals surface area contributed by atoms with Gasteiger partial charge in [0.1, 0.15) is 11.9 Å². The Morgan fingerprint density at radius 3 is 2.84 bits per heavy atom. The quantitative estimate of drug-likeness (QED) is 0.823. The van der Waals surface area contributed by atoms with Crippen LogP contribution in [0.2, 0.25) is 0 Å². The van der Waals surface area contributed by atoms with E-state index < -0.39 is 24.1 Å². The minimum atomic E-state index is -0.509. The number of aliphatic hydroxyl groups is 1. The lowest BCUT2D eigenvalue weighted by Crippen LogP contribution is -2.51. The summed E-state index contributed by atoms with van der Waals surface area (Å²) in [5.74, 6) is -0.771. The van der Waals surface area contributed by atoms with Crippen molar-refractivity contribution < 1.29 is 28.6 Å². The Morgan fingerprint density at radius 2 is 2.16 bits per heavy atom. The van der Waals surface area contributed by atoms with Crippen LogP contribution in [-0.4, -0.2) is 55.6 Å². The summed E-state index contributed by atoms with van der Waals surface area (Å²) in [6.45, 7) is 0.819. The van der Waals surface area contributed by atoms with Crippen molar-refractivity contribution >= 4 is 23.4 Å². The molecule has 1 aromatic carbocycles. The van der Waals surface area contributed by atoms with Crippen LogP contribution < -0.4 is 9.80 Å². The third-order valence-corrected chi connectivity index (χ3v) is 5.11. The minimum Gasteiger partial charge on any atom is -0.469 e. The van der Waals surface area contributed by atoms with Crippen molar-refractivity contribution in [3.63, 3.8) is 0 Å². The van der Waals surface area contributed by atoms with Crippen LogP contribution in [0.15, 0.2) is 12.1 Å². The van der Waals surface area contributed by atoms with E-state index in [1.807, 2.05) is 0 Å². The Labute approximate surface area is 143 Å². The fraction of sp³-hybridized carbons (Fsp3) is 0.529. The molecule has 2 saturated heterocycles. The zero-order valence-corrected chi connectivity index (χ0v) is 13.8. The second-order valence-corrected chi connectivity index (χ2v) is 6.67. The van der Waals surface area contributed by atoms with E-state index in [2.05, 4.69) is 4.74 Å². The highest BCUT2D eigenvalue weighted by atomic mass is 19.1. The van der Waals surface area contributed by atoms with E-state index in [0.29, 0.717) is 37.3 Å². The minimum absolute atomic E-state index is 0.167. The van der Waals surface area contributed by atoms with Gasteiger partial charge in [-0.05, 0) is 24.5 Å². The summed E-state index contributed by atoms with van der Waals surface area (Å²) in [4.78, 5) is 26.8. The number of fused-ring (bicyclic) bond motifs is 3. The summed E-state index contributed by atoms with van der Waals surface area (Å²) in [5.41, 5.74) is 1.85. The van der Waals surface area contributed by atoms with Gasteiger partial charge in [-0.15, -0.1) is 0 Å². The smallest absolute Gasteiger partial charge is 0.415 e. The van der Waals surface area contributed by atoms with Crippen LogP contribution in [0.25, 0.3) is 0 Å². The molecule has 3 aliphatic rings. The molecule has 3 aliphatic heterocycles. The summed E-state index contributed by atoms with van der Waals surface area (Å²) >= 11 is 0. The fourth-order valence-electron chi connectivity index (χ4n) is 3.78. The third kappa shape index (κ3) is 2.60. The van der Waals surface area contributed by atoms with Crippen LogP contribution >= 0.6 is 0 Å². The molecule has 1 amide bonds. The van der Waals surface area contributed by atoms with Crippen molar-refractivity contribution in [1.82, 2.24) is 0 Å². The number of methoxy groups -OCH3 is 1. The highest BCUT2D eigenvalue weighted by molar-refractivity contribution is 5.94. The van der Waals surface area contributed by atoms with E-state index >= 15 is 0 Å². The maximum Gasteiger partial charge on any atom is 0.415 e. The first-order valence-electron chi connectivity index (χ1n) is 8.30. The standard InChI is InChI=1S/C17H19FN2O5/c1-24-16(22)3-2-15-14-5-9-4-13(19-7-10(21)8-19)11(18)6-12(9)20(14)17(23)25-15/h4,6,10,14-15,21H,2-3,5,7-8H2,1H3/t14-,15-/m0/s1. The topological polar surface area (TPSA) is 79.3 Å². The van der Waals surface area contributed by atoms with E-state index in [9.17, 15) is 19.1 Å². The molecule has 25 heavy (non-hydrogen) atoms. The van der Waals surface area contributed by atoms with Crippen molar-refractivity contribution in [2.45, 2.75) is 37.5 Å². The van der Waals surface area contributed by atoms with Gasteiger partial charge < -0.3 is 19.5 Å². The molecule has 134 valence electrons. The monoisotopic (exact) mass is 350 g/mol. The third-order valence-electron chi connectivity index (χ3n) is 5.11. The predicted molar refractivity (Wildman–Crippen MR) is 86.1 cm³/mol. The lowest BCUT2D eigenvalue weighted by atomic mass is 10.0. The molecule has 0 bridgehead atoms. The van der Waals surface area contributed by atoms with Crippen molar-refractivity contribution in [3.8, 4) is 0 Å². The van der Waals surface area contributed by atoms with Crippen molar-refractivity contribution in [2.24, 2.45) is 0 Å². The molecule has 1 aromatic rings. The summed E-state index contributed by atoms with van der Waals surface area (Å²) in [6, 6.07) is 2.88. The molecule has 0 radical (unpaired) electrons. The number of esters is 1. The Hall–Kier alpha value is -2.35. The summed E-state index contributed by atoms with van der Waals surface area (Å²) < 4.78 is 24.4. The molecule has 4 rings (SSSR count). The number of cyclic esters (lactones) is 1. The molecule has 2 atom stereocenters. The first kappa shape index (κ1) is 16.1. The molecule has 0 aliphatic carbocycles. The molecule has 0 spiro atoms. The molecule has 0 saturated carbocycles. The second kappa shape index (κ2) is 5.87. The molecule has 8 heteroatoms. The van der Waals surface area contributed by atoms with Crippen LogP contribution in [0.5, 0.6) is 0 Å². The van der Waals surface area contributed by atoms with Gasteiger partial charge >= 0.3 is 12.1 Å². The second-order valence-electron chi connectivity index (χ2n) is 6.67. The normalized spacial score (nSPS) is 24.7. The Kier molecular flexibility index (Phi) is 3.79. The van der Waals surface area contributed by atoms with Crippen LogP contribution in [0.3, 0.4) is 0 Å². The van der Waals surface area contributed by atoms with Crippen molar-refractivity contribution in [1.29, 1.82) is 0 Å². The van der Waals surface area contributed by atoms with E-state index in [4.69, 9.17) is 4.74 Å². The Balaban J connectivity index is 1.56. The van der Waals surface area contributed by atoms with Gasteiger partial charge in [0.2, 0.25) is 0 Å². The molecule has 3 heterocycles. The number of carbonyl (C=O) groups excluding carboxylic acids is 2. The van der Waals surface area contributed by atoms with E-state index in [0.717, 1.165) is 5.56 Å². The SMILES string of the molecule is COC(=O)CC[C@@H]1OC(=O)N2c3cc(F)c(N4CC(O)C4)cc3C[C@@H]12. The molecular formula is C17H19FN2O5. The molecule has 7 nitrogen and oxygen atoms in total. The summed E-state index contributed by atoms with van der Waals surface area (Å²) in [6.07, 6.45) is -0.256. The van der Waals surface area contributed by atoms with Gasteiger partial charge in [-0.2, -0.15) is 0 Å². The van der Waals surface area contributed by atoms with E-state index in [1.54, 1.807) is 11.0 Å².